The smallest absolute Gasteiger partial charge is 0.328 e. The van der Waals surface area contributed by atoms with Gasteiger partial charge in [0.25, 0.3) is 0 Å². The highest BCUT2D eigenvalue weighted by atomic mass is 35.5. The Morgan fingerprint density at radius 1 is 1.11 bits per heavy atom. The number of benzene rings is 3. The molecule has 11 heteroatoms. The summed E-state index contributed by atoms with van der Waals surface area (Å²) in [5.41, 5.74) is 4.58. The molecule has 1 aliphatic heterocycles. The molecular weight excluding hydrogens is 609 g/mol. The number of aliphatic carboxylic acids is 1. The first-order valence-corrected chi connectivity index (χ1v) is 15.7. The second-order valence-electron chi connectivity index (χ2n) is 11.3. The number of carboxylic acid groups (broad SMARTS) is 1. The van der Waals surface area contributed by atoms with Gasteiger partial charge in [-0.05, 0) is 79.4 Å². The lowest BCUT2D eigenvalue weighted by atomic mass is 10.1. The number of hydrogen-bond acceptors (Lipinski definition) is 6. The maximum Gasteiger partial charge on any atom is 0.328 e. The first-order valence-electron chi connectivity index (χ1n) is 15.3. The minimum atomic E-state index is -0.985. The highest BCUT2D eigenvalue weighted by Crippen LogP contribution is 2.26. The molecule has 0 aliphatic carbocycles. The van der Waals surface area contributed by atoms with Crippen molar-refractivity contribution in [2.24, 2.45) is 0 Å². The molecule has 1 aliphatic rings. The van der Waals surface area contributed by atoms with Crippen LogP contribution in [0.3, 0.4) is 0 Å². The highest BCUT2D eigenvalue weighted by molar-refractivity contribution is 6.30. The van der Waals surface area contributed by atoms with Crippen molar-refractivity contribution >= 4 is 34.7 Å². The van der Waals surface area contributed by atoms with E-state index in [4.69, 9.17) is 31.2 Å². The Balaban J connectivity index is 1.11. The van der Waals surface area contributed by atoms with Crippen LogP contribution in [0.2, 0.25) is 5.02 Å². The molecule has 2 aromatic heterocycles. The molecule has 0 radical (unpaired) electrons. The standard InChI is InChI=1S/C35H35ClFN5O4/c1-2-41-23-38-19-27(41)20-42-32-17-24(7-11-35(43)44)6-9-31(32)39-34(42)21-40-14-12-28(13-15-40)46-29-5-3-4-25(16-29)22-45-33-10-8-26(36)18-30(33)37/h3-11,16-19,23,28H,2,12-15,20-22H2,1H3,(H,43,44)/b11-7+. The largest absolute Gasteiger partial charge is 0.490 e. The summed E-state index contributed by atoms with van der Waals surface area (Å²) in [5, 5.41) is 9.42. The van der Waals surface area contributed by atoms with Crippen LogP contribution in [-0.2, 0) is 31.0 Å². The zero-order chi connectivity index (χ0) is 32.0. The van der Waals surface area contributed by atoms with Crippen LogP contribution < -0.4 is 9.47 Å². The maximum absolute atomic E-state index is 14.1. The van der Waals surface area contributed by atoms with E-state index < -0.39 is 11.8 Å². The third kappa shape index (κ3) is 7.58. The first-order chi connectivity index (χ1) is 22.3. The Morgan fingerprint density at radius 3 is 2.74 bits per heavy atom. The van der Waals surface area contributed by atoms with Crippen LogP contribution in [0.25, 0.3) is 17.1 Å². The van der Waals surface area contributed by atoms with Crippen LogP contribution in [0.15, 0.2) is 79.3 Å². The number of rotatable bonds is 12. The number of nitrogens with zero attached hydrogens (tertiary/aromatic N) is 5. The van der Waals surface area contributed by atoms with Crippen molar-refractivity contribution in [2.45, 2.75) is 52.1 Å². The van der Waals surface area contributed by atoms with Gasteiger partial charge < -0.3 is 23.7 Å². The van der Waals surface area contributed by atoms with E-state index in [-0.39, 0.29) is 18.5 Å². The van der Waals surface area contributed by atoms with E-state index in [9.17, 15) is 9.18 Å². The number of piperidine rings is 1. The fourth-order valence-corrected chi connectivity index (χ4v) is 5.88. The molecule has 0 atom stereocenters. The number of ether oxygens (including phenoxy) is 2. The summed E-state index contributed by atoms with van der Waals surface area (Å²) in [6.07, 6.45) is 8.26. The van der Waals surface area contributed by atoms with Crippen LogP contribution >= 0.6 is 11.6 Å². The Labute approximate surface area is 271 Å². The predicted molar refractivity (Wildman–Crippen MR) is 175 cm³/mol. The quantitative estimate of drug-likeness (QED) is 0.149. The van der Waals surface area contributed by atoms with E-state index >= 15 is 0 Å². The van der Waals surface area contributed by atoms with Gasteiger partial charge in [-0.2, -0.15) is 0 Å². The summed E-state index contributed by atoms with van der Waals surface area (Å²) in [4.78, 5) is 22.8. The minimum absolute atomic E-state index is 0.0717. The van der Waals surface area contributed by atoms with Crippen molar-refractivity contribution in [1.82, 2.24) is 24.0 Å². The minimum Gasteiger partial charge on any atom is -0.490 e. The molecule has 0 unspecified atom stereocenters. The number of aryl methyl sites for hydroxylation is 1. The predicted octanol–water partition coefficient (Wildman–Crippen LogP) is 6.81. The number of likely N-dealkylation sites (tertiary alicyclic amines) is 1. The molecule has 6 rings (SSSR count). The Hall–Kier alpha value is -4.67. The van der Waals surface area contributed by atoms with Crippen molar-refractivity contribution in [2.75, 3.05) is 13.1 Å². The molecule has 0 bridgehead atoms. The SMILES string of the molecule is CCn1cncc1Cn1c(CN2CCC(Oc3cccc(COc4ccc(Cl)cc4F)c3)CC2)nc2ccc(/C=C/C(=O)O)cc21. The lowest BCUT2D eigenvalue weighted by Gasteiger charge is -2.32. The van der Waals surface area contributed by atoms with Crippen molar-refractivity contribution in [3.8, 4) is 11.5 Å². The average molecular weight is 644 g/mol. The number of carbonyl (C=O) groups is 1. The van der Waals surface area contributed by atoms with Gasteiger partial charge in [0, 0.05) is 36.9 Å². The molecule has 1 saturated heterocycles. The summed E-state index contributed by atoms with van der Waals surface area (Å²) in [6.45, 7) is 6.11. The molecule has 1 N–H and O–H groups in total. The van der Waals surface area contributed by atoms with E-state index in [1.807, 2.05) is 55.0 Å². The number of halogens is 2. The van der Waals surface area contributed by atoms with Crippen molar-refractivity contribution in [3.05, 3.63) is 113 Å². The second kappa shape index (κ2) is 14.2. The molecule has 3 aromatic carbocycles. The summed E-state index contributed by atoms with van der Waals surface area (Å²) >= 11 is 5.84. The first kappa shape index (κ1) is 31.3. The Kier molecular flexibility index (Phi) is 9.65. The molecule has 3 heterocycles. The van der Waals surface area contributed by atoms with Gasteiger partial charge in [-0.15, -0.1) is 0 Å². The maximum atomic E-state index is 14.1. The second-order valence-corrected chi connectivity index (χ2v) is 11.7. The van der Waals surface area contributed by atoms with Gasteiger partial charge in [0.2, 0.25) is 0 Å². The number of fused-ring (bicyclic) bond motifs is 1. The molecule has 0 spiro atoms. The molecule has 9 nitrogen and oxygen atoms in total. The van der Waals surface area contributed by atoms with E-state index in [2.05, 4.69) is 25.9 Å². The summed E-state index contributed by atoms with van der Waals surface area (Å²) in [7, 11) is 0. The topological polar surface area (TPSA) is 94.6 Å². The number of imidazole rings is 2. The van der Waals surface area contributed by atoms with Crippen molar-refractivity contribution < 1.29 is 23.8 Å². The molecular formula is C35H35ClFN5O4. The number of aromatic nitrogens is 4. The molecule has 0 amide bonds. The Morgan fingerprint density at radius 2 is 1.96 bits per heavy atom. The van der Waals surface area contributed by atoms with Gasteiger partial charge in [0.1, 0.15) is 24.3 Å². The van der Waals surface area contributed by atoms with Gasteiger partial charge >= 0.3 is 5.97 Å². The van der Waals surface area contributed by atoms with E-state index in [0.717, 1.165) is 78.0 Å². The van der Waals surface area contributed by atoms with E-state index in [1.54, 1.807) is 12.1 Å². The van der Waals surface area contributed by atoms with Gasteiger partial charge in [-0.1, -0.05) is 29.8 Å². The van der Waals surface area contributed by atoms with E-state index in [0.29, 0.717) is 18.1 Å². The fourth-order valence-electron chi connectivity index (χ4n) is 5.72. The third-order valence-electron chi connectivity index (χ3n) is 8.12. The van der Waals surface area contributed by atoms with Crippen molar-refractivity contribution in [3.63, 3.8) is 0 Å². The highest BCUT2D eigenvalue weighted by Gasteiger charge is 2.23. The molecule has 238 valence electrons. The van der Waals surface area contributed by atoms with Gasteiger partial charge in [0.05, 0.1) is 36.1 Å². The zero-order valence-electron chi connectivity index (χ0n) is 25.5. The van der Waals surface area contributed by atoms with Gasteiger partial charge in [-0.3, -0.25) is 4.90 Å². The van der Waals surface area contributed by atoms with Crippen LogP contribution in [0.5, 0.6) is 11.5 Å². The summed E-state index contributed by atoms with van der Waals surface area (Å²) in [5.74, 6) is 0.386. The van der Waals surface area contributed by atoms with E-state index in [1.165, 1.54) is 12.1 Å². The number of carboxylic acids is 1. The van der Waals surface area contributed by atoms with Crippen molar-refractivity contribution in [1.29, 1.82) is 0 Å². The van der Waals surface area contributed by atoms with Crippen LogP contribution in [-0.4, -0.2) is 54.3 Å². The fraction of sp³-hybridized carbons (Fsp3) is 0.286. The van der Waals surface area contributed by atoms with Gasteiger partial charge in [-0.25, -0.2) is 19.2 Å². The lowest BCUT2D eigenvalue weighted by molar-refractivity contribution is -0.131. The number of hydrogen-bond donors (Lipinski definition) is 1. The summed E-state index contributed by atoms with van der Waals surface area (Å²) in [6, 6.07) is 17.9. The molecule has 1 fully saturated rings. The zero-order valence-corrected chi connectivity index (χ0v) is 26.2. The van der Waals surface area contributed by atoms with Crippen LogP contribution in [0.4, 0.5) is 4.39 Å². The normalized spacial score (nSPS) is 14.3. The molecule has 0 saturated carbocycles. The van der Waals surface area contributed by atoms with Gasteiger partial charge in [0.15, 0.2) is 11.6 Å². The Bertz CT molecular complexity index is 1860. The van der Waals surface area contributed by atoms with Crippen LogP contribution in [0, 0.1) is 5.82 Å². The molecule has 5 aromatic rings. The van der Waals surface area contributed by atoms with Crippen LogP contribution in [0.1, 0.15) is 42.4 Å². The average Bonchev–Trinajstić information content (AvgIpc) is 3.64. The lowest BCUT2D eigenvalue weighted by Crippen LogP contribution is -2.38. The summed E-state index contributed by atoms with van der Waals surface area (Å²) < 4.78 is 30.4. The third-order valence-corrected chi connectivity index (χ3v) is 8.35. The molecule has 46 heavy (non-hydrogen) atoms. The monoisotopic (exact) mass is 643 g/mol.